The van der Waals surface area contributed by atoms with Crippen molar-refractivity contribution in [3.8, 4) is 0 Å². The molecule has 10 heteroatoms. The molecule has 2 amide bonds. The predicted octanol–water partition coefficient (Wildman–Crippen LogP) is 5.06. The number of amides is 2. The Morgan fingerprint density at radius 1 is 0.854 bits per heavy atom. The lowest BCUT2D eigenvalue weighted by molar-refractivity contribution is -0.139. The third kappa shape index (κ3) is 7.50. The molecular weight excluding hydrogens is 565 g/mol. The standard InChI is InChI=1S/C31H29ClFN3O4S/c1-34-31(38)29(19-23-9-4-2-5-10-23)35(21-24-15-17-26(33)18-16-24)30(37)22-36(27-12-8-11-25(32)20-27)41(39,40)28-13-6-3-7-14-28/h2-18,20,29H,19,21-22H2,1H3,(H,34,38). The minimum absolute atomic E-state index is 0.00926. The molecule has 0 radical (unpaired) electrons. The van der Waals surface area contributed by atoms with Gasteiger partial charge in [0.15, 0.2) is 0 Å². The molecule has 0 spiro atoms. The molecule has 41 heavy (non-hydrogen) atoms. The molecule has 212 valence electrons. The van der Waals surface area contributed by atoms with Gasteiger partial charge in [-0.05, 0) is 53.6 Å². The fraction of sp³-hybridized carbons (Fsp3) is 0.161. The van der Waals surface area contributed by atoms with Crippen molar-refractivity contribution in [3.05, 3.63) is 131 Å². The molecule has 4 aromatic carbocycles. The summed E-state index contributed by atoms with van der Waals surface area (Å²) in [4.78, 5) is 28.7. The van der Waals surface area contributed by atoms with Crippen molar-refractivity contribution in [1.82, 2.24) is 10.2 Å². The normalized spacial score (nSPS) is 11.9. The Bertz CT molecular complexity index is 1590. The summed E-state index contributed by atoms with van der Waals surface area (Å²) in [6, 6.07) is 27.7. The maximum atomic E-state index is 14.1. The zero-order chi connectivity index (χ0) is 29.4. The fourth-order valence-electron chi connectivity index (χ4n) is 4.39. The summed E-state index contributed by atoms with van der Waals surface area (Å²) in [7, 11) is -2.74. The number of carbonyl (C=O) groups excluding carboxylic acids is 2. The third-order valence-corrected chi connectivity index (χ3v) is 8.51. The molecule has 0 aliphatic rings. The zero-order valence-electron chi connectivity index (χ0n) is 22.3. The Morgan fingerprint density at radius 2 is 1.49 bits per heavy atom. The Morgan fingerprint density at radius 3 is 2.10 bits per heavy atom. The predicted molar refractivity (Wildman–Crippen MR) is 157 cm³/mol. The number of nitrogens with one attached hydrogen (secondary N) is 1. The molecule has 0 aliphatic carbocycles. The maximum absolute atomic E-state index is 14.1. The molecule has 0 fully saturated rings. The van der Waals surface area contributed by atoms with Crippen LogP contribution in [-0.4, -0.2) is 44.8 Å². The van der Waals surface area contributed by atoms with Gasteiger partial charge in [0.2, 0.25) is 11.8 Å². The Kier molecular flexibility index (Phi) is 9.75. The number of likely N-dealkylation sites (N-methyl/N-ethyl adjacent to an activating group) is 1. The summed E-state index contributed by atoms with van der Waals surface area (Å²) in [6.07, 6.45) is 0.177. The van der Waals surface area contributed by atoms with E-state index in [9.17, 15) is 22.4 Å². The first-order valence-corrected chi connectivity index (χ1v) is 14.6. The number of nitrogens with zero attached hydrogens (tertiary/aromatic N) is 2. The monoisotopic (exact) mass is 593 g/mol. The summed E-state index contributed by atoms with van der Waals surface area (Å²) in [5.74, 6) is -1.50. The molecule has 0 aliphatic heterocycles. The minimum Gasteiger partial charge on any atom is -0.357 e. The average molecular weight is 594 g/mol. The minimum atomic E-state index is -4.21. The number of carbonyl (C=O) groups is 2. The topological polar surface area (TPSA) is 86.8 Å². The van der Waals surface area contributed by atoms with E-state index in [1.54, 1.807) is 36.4 Å². The quantitative estimate of drug-likeness (QED) is 0.263. The second kappa shape index (κ2) is 13.4. The number of benzene rings is 4. The van der Waals surface area contributed by atoms with Crippen molar-refractivity contribution in [3.63, 3.8) is 0 Å². The van der Waals surface area contributed by atoms with Gasteiger partial charge in [0.05, 0.1) is 10.6 Å². The van der Waals surface area contributed by atoms with Crippen molar-refractivity contribution in [2.24, 2.45) is 0 Å². The second-order valence-corrected chi connectivity index (χ2v) is 11.6. The largest absolute Gasteiger partial charge is 0.357 e. The van der Waals surface area contributed by atoms with Crippen LogP contribution in [0, 0.1) is 5.82 Å². The van der Waals surface area contributed by atoms with Crippen LogP contribution in [0.4, 0.5) is 10.1 Å². The van der Waals surface area contributed by atoms with E-state index in [-0.39, 0.29) is 23.5 Å². The van der Waals surface area contributed by atoms with E-state index in [0.717, 1.165) is 9.87 Å². The van der Waals surface area contributed by atoms with E-state index < -0.39 is 40.2 Å². The Balaban J connectivity index is 1.78. The van der Waals surface area contributed by atoms with E-state index in [1.807, 2.05) is 30.3 Å². The van der Waals surface area contributed by atoms with Crippen LogP contribution >= 0.6 is 11.6 Å². The summed E-state index contributed by atoms with van der Waals surface area (Å²) in [5, 5.41) is 2.91. The maximum Gasteiger partial charge on any atom is 0.264 e. The molecule has 4 aromatic rings. The molecule has 4 rings (SSSR count). The van der Waals surface area contributed by atoms with Gasteiger partial charge in [0, 0.05) is 25.0 Å². The van der Waals surface area contributed by atoms with Gasteiger partial charge in [-0.15, -0.1) is 0 Å². The highest BCUT2D eigenvalue weighted by molar-refractivity contribution is 7.92. The van der Waals surface area contributed by atoms with Gasteiger partial charge in [-0.25, -0.2) is 12.8 Å². The molecule has 0 saturated heterocycles. The van der Waals surface area contributed by atoms with Crippen LogP contribution in [0.25, 0.3) is 0 Å². The SMILES string of the molecule is CNC(=O)C(Cc1ccccc1)N(Cc1ccc(F)cc1)C(=O)CN(c1cccc(Cl)c1)S(=O)(=O)c1ccccc1. The highest BCUT2D eigenvalue weighted by atomic mass is 35.5. The first kappa shape index (κ1) is 29.8. The lowest BCUT2D eigenvalue weighted by Crippen LogP contribution is -2.53. The van der Waals surface area contributed by atoms with Crippen molar-refractivity contribution >= 4 is 39.1 Å². The van der Waals surface area contributed by atoms with Crippen molar-refractivity contribution in [1.29, 1.82) is 0 Å². The van der Waals surface area contributed by atoms with E-state index in [2.05, 4.69) is 5.32 Å². The Hall–Kier alpha value is -4.21. The first-order chi connectivity index (χ1) is 19.7. The number of halogens is 2. The first-order valence-electron chi connectivity index (χ1n) is 12.8. The number of anilines is 1. The second-order valence-electron chi connectivity index (χ2n) is 9.27. The van der Waals surface area contributed by atoms with E-state index in [1.165, 1.54) is 54.4 Å². The molecular formula is C31H29ClFN3O4S. The van der Waals surface area contributed by atoms with Crippen LogP contribution < -0.4 is 9.62 Å². The van der Waals surface area contributed by atoms with Crippen molar-refractivity contribution in [2.45, 2.75) is 23.9 Å². The highest BCUT2D eigenvalue weighted by Crippen LogP contribution is 2.27. The van der Waals surface area contributed by atoms with Crippen LogP contribution in [0.3, 0.4) is 0 Å². The van der Waals surface area contributed by atoms with Crippen LogP contribution in [-0.2, 0) is 32.6 Å². The van der Waals surface area contributed by atoms with Gasteiger partial charge >= 0.3 is 0 Å². The molecule has 1 unspecified atom stereocenters. The molecule has 1 N–H and O–H groups in total. The van der Waals surface area contributed by atoms with Gasteiger partial charge in [0.1, 0.15) is 18.4 Å². The summed E-state index contributed by atoms with van der Waals surface area (Å²) in [6.45, 7) is -0.667. The summed E-state index contributed by atoms with van der Waals surface area (Å²) >= 11 is 6.20. The number of hydrogen-bond donors (Lipinski definition) is 1. The molecule has 0 saturated carbocycles. The van der Waals surface area contributed by atoms with Gasteiger partial charge < -0.3 is 10.2 Å². The van der Waals surface area contributed by atoms with Gasteiger partial charge in [-0.3, -0.25) is 13.9 Å². The van der Waals surface area contributed by atoms with E-state index >= 15 is 0 Å². The molecule has 0 bridgehead atoms. The molecule has 7 nitrogen and oxygen atoms in total. The lowest BCUT2D eigenvalue weighted by atomic mass is 10.0. The molecule has 1 atom stereocenters. The average Bonchev–Trinajstić information content (AvgIpc) is 2.99. The van der Waals surface area contributed by atoms with Crippen LogP contribution in [0.2, 0.25) is 5.02 Å². The van der Waals surface area contributed by atoms with Crippen LogP contribution in [0.1, 0.15) is 11.1 Å². The Labute approximate surface area is 244 Å². The van der Waals surface area contributed by atoms with E-state index in [0.29, 0.717) is 10.6 Å². The summed E-state index contributed by atoms with van der Waals surface area (Å²) in [5.41, 5.74) is 1.57. The van der Waals surface area contributed by atoms with E-state index in [4.69, 9.17) is 11.6 Å². The number of sulfonamides is 1. The lowest BCUT2D eigenvalue weighted by Gasteiger charge is -2.33. The summed E-state index contributed by atoms with van der Waals surface area (Å²) < 4.78 is 42.3. The molecule has 0 heterocycles. The third-order valence-electron chi connectivity index (χ3n) is 6.49. The van der Waals surface area contributed by atoms with Crippen molar-refractivity contribution < 1.29 is 22.4 Å². The molecule has 0 aromatic heterocycles. The van der Waals surface area contributed by atoms with Gasteiger partial charge in [0.25, 0.3) is 10.0 Å². The smallest absolute Gasteiger partial charge is 0.264 e. The van der Waals surface area contributed by atoms with Crippen LogP contribution in [0.5, 0.6) is 0 Å². The number of rotatable bonds is 11. The zero-order valence-corrected chi connectivity index (χ0v) is 23.9. The van der Waals surface area contributed by atoms with Gasteiger partial charge in [-0.1, -0.05) is 78.3 Å². The highest BCUT2D eigenvalue weighted by Gasteiger charge is 2.34. The fourth-order valence-corrected chi connectivity index (χ4v) is 6.00. The van der Waals surface area contributed by atoms with Crippen LogP contribution in [0.15, 0.2) is 114 Å². The van der Waals surface area contributed by atoms with Crippen molar-refractivity contribution in [2.75, 3.05) is 17.9 Å². The number of hydrogen-bond acceptors (Lipinski definition) is 4. The van der Waals surface area contributed by atoms with Gasteiger partial charge in [-0.2, -0.15) is 0 Å².